The second-order valence-corrected chi connectivity index (χ2v) is 2.61. The second kappa shape index (κ2) is 4.30. The largest absolute Gasteiger partial charge is 0.505 e. The van der Waals surface area contributed by atoms with Gasteiger partial charge in [0.1, 0.15) is 0 Å². The van der Waals surface area contributed by atoms with E-state index in [0.29, 0.717) is 6.07 Å². The summed E-state index contributed by atoms with van der Waals surface area (Å²) in [7, 11) is 0. The summed E-state index contributed by atoms with van der Waals surface area (Å²) in [6, 6.07) is 0.701. The van der Waals surface area contributed by atoms with Crippen LogP contribution in [0.25, 0.3) is 0 Å². The van der Waals surface area contributed by atoms with E-state index < -0.39 is 23.2 Å². The first-order valence-corrected chi connectivity index (χ1v) is 3.75. The van der Waals surface area contributed by atoms with E-state index in [1.165, 1.54) is 0 Å². The fourth-order valence-corrected chi connectivity index (χ4v) is 0.994. The highest BCUT2D eigenvalue weighted by Crippen LogP contribution is 2.26. The molecule has 0 radical (unpaired) electrons. The average molecular weight is 207 g/mol. The molecule has 78 valence electrons. The molecule has 0 spiro atoms. The van der Waals surface area contributed by atoms with Crippen LogP contribution in [-0.4, -0.2) is 11.7 Å². The predicted octanol–water partition coefficient (Wildman–Crippen LogP) is 1.24. The Morgan fingerprint density at radius 3 is 2.50 bits per heavy atom. The summed E-state index contributed by atoms with van der Waals surface area (Å²) in [6.07, 6.45) is -0.00352. The molecule has 0 aliphatic heterocycles. The van der Waals surface area contributed by atoms with Gasteiger partial charge in [-0.2, -0.15) is 4.39 Å². The smallest absolute Gasteiger partial charge is 0.203 e. The molecule has 0 amide bonds. The van der Waals surface area contributed by atoms with Crippen molar-refractivity contribution in [2.24, 2.45) is 5.90 Å². The maximum absolute atomic E-state index is 12.7. The van der Waals surface area contributed by atoms with E-state index in [2.05, 4.69) is 10.7 Å². The maximum Gasteiger partial charge on any atom is 0.203 e. The van der Waals surface area contributed by atoms with Crippen LogP contribution in [0.15, 0.2) is 6.07 Å². The highest BCUT2D eigenvalue weighted by molar-refractivity contribution is 5.35. The van der Waals surface area contributed by atoms with Gasteiger partial charge in [-0.1, -0.05) is 0 Å². The third-order valence-electron chi connectivity index (χ3n) is 1.70. The van der Waals surface area contributed by atoms with Gasteiger partial charge in [0.15, 0.2) is 17.4 Å². The van der Waals surface area contributed by atoms with E-state index in [-0.39, 0.29) is 18.6 Å². The zero-order valence-electron chi connectivity index (χ0n) is 7.06. The van der Waals surface area contributed by atoms with Gasteiger partial charge in [-0.25, -0.2) is 14.7 Å². The third kappa shape index (κ3) is 1.97. The monoisotopic (exact) mass is 207 g/mol. The summed E-state index contributed by atoms with van der Waals surface area (Å²) in [6.45, 7) is -0.0297. The summed E-state index contributed by atoms with van der Waals surface area (Å²) >= 11 is 0. The van der Waals surface area contributed by atoms with Gasteiger partial charge >= 0.3 is 0 Å². The molecule has 0 saturated carbocycles. The Kier molecular flexibility index (Phi) is 3.32. The van der Waals surface area contributed by atoms with Crippen LogP contribution < -0.4 is 5.90 Å². The molecule has 0 aliphatic rings. The molecule has 14 heavy (non-hydrogen) atoms. The molecule has 0 atom stereocenters. The number of aromatic hydroxyl groups is 1. The number of benzene rings is 1. The van der Waals surface area contributed by atoms with Gasteiger partial charge in [0.25, 0.3) is 0 Å². The van der Waals surface area contributed by atoms with Crippen LogP contribution in [-0.2, 0) is 11.3 Å². The Labute approximate surface area is 77.9 Å². The fraction of sp³-hybridized carbons (Fsp3) is 0.250. The van der Waals surface area contributed by atoms with Gasteiger partial charge in [0.2, 0.25) is 5.82 Å². The van der Waals surface area contributed by atoms with Gasteiger partial charge in [-0.3, -0.25) is 0 Å². The van der Waals surface area contributed by atoms with Crippen LogP contribution in [0.4, 0.5) is 13.2 Å². The van der Waals surface area contributed by atoms with Crippen molar-refractivity contribution in [3.63, 3.8) is 0 Å². The molecule has 1 aromatic carbocycles. The first-order valence-electron chi connectivity index (χ1n) is 3.75. The molecule has 0 heterocycles. The van der Waals surface area contributed by atoms with E-state index >= 15 is 0 Å². The minimum Gasteiger partial charge on any atom is -0.505 e. The van der Waals surface area contributed by atoms with Crippen LogP contribution >= 0.6 is 0 Å². The lowest BCUT2D eigenvalue weighted by Gasteiger charge is -2.05. The second-order valence-electron chi connectivity index (χ2n) is 2.61. The van der Waals surface area contributed by atoms with E-state index in [1.807, 2.05) is 0 Å². The average Bonchev–Trinajstić information content (AvgIpc) is 2.18. The number of nitrogens with two attached hydrogens (primary N) is 1. The Balaban J connectivity index is 3.06. The van der Waals surface area contributed by atoms with E-state index in [4.69, 9.17) is 5.11 Å². The normalized spacial score (nSPS) is 10.6. The molecule has 0 unspecified atom stereocenters. The van der Waals surface area contributed by atoms with Crippen LogP contribution in [0.2, 0.25) is 0 Å². The Morgan fingerprint density at radius 1 is 1.29 bits per heavy atom. The van der Waals surface area contributed by atoms with Crippen molar-refractivity contribution in [2.45, 2.75) is 6.42 Å². The molecule has 1 rings (SSSR count). The van der Waals surface area contributed by atoms with Crippen molar-refractivity contribution in [3.8, 4) is 5.75 Å². The van der Waals surface area contributed by atoms with Crippen LogP contribution in [0.1, 0.15) is 5.56 Å². The highest BCUT2D eigenvalue weighted by atomic mass is 19.2. The number of phenols is 1. The first-order chi connectivity index (χ1) is 6.57. The summed E-state index contributed by atoms with van der Waals surface area (Å²) in [5, 5.41) is 9.05. The lowest BCUT2D eigenvalue weighted by atomic mass is 10.1. The van der Waals surface area contributed by atoms with Gasteiger partial charge < -0.3 is 9.94 Å². The minimum absolute atomic E-state index is 0.00352. The molecule has 0 fully saturated rings. The lowest BCUT2D eigenvalue weighted by molar-refractivity contribution is 0.140. The molecular weight excluding hydrogens is 199 g/mol. The highest BCUT2D eigenvalue weighted by Gasteiger charge is 2.17. The van der Waals surface area contributed by atoms with Crippen LogP contribution in [0.3, 0.4) is 0 Å². The summed E-state index contributed by atoms with van der Waals surface area (Å²) in [5.41, 5.74) is -0.0909. The van der Waals surface area contributed by atoms with E-state index in [0.717, 1.165) is 0 Å². The van der Waals surface area contributed by atoms with Crippen LogP contribution in [0, 0.1) is 17.5 Å². The number of rotatable bonds is 3. The number of phenolic OH excluding ortho intramolecular Hbond substituents is 1. The van der Waals surface area contributed by atoms with Crippen molar-refractivity contribution < 1.29 is 23.1 Å². The molecule has 3 nitrogen and oxygen atoms in total. The minimum atomic E-state index is -1.69. The fourth-order valence-electron chi connectivity index (χ4n) is 0.994. The molecule has 6 heteroatoms. The number of hydrogen-bond donors (Lipinski definition) is 2. The molecule has 0 aromatic heterocycles. The van der Waals surface area contributed by atoms with Crippen molar-refractivity contribution in [1.29, 1.82) is 0 Å². The zero-order chi connectivity index (χ0) is 10.7. The lowest BCUT2D eigenvalue weighted by Crippen LogP contribution is -2.05. The van der Waals surface area contributed by atoms with Gasteiger partial charge in [0, 0.05) is 12.0 Å². The summed E-state index contributed by atoms with van der Waals surface area (Å²) in [5.74, 6) is -0.875. The van der Waals surface area contributed by atoms with E-state index in [1.54, 1.807) is 0 Å². The molecule has 1 aromatic rings. The Bertz CT molecular complexity index is 344. The van der Waals surface area contributed by atoms with E-state index in [9.17, 15) is 13.2 Å². The SMILES string of the molecule is NOCCc1cc(F)c(F)c(F)c1O. The topological polar surface area (TPSA) is 55.5 Å². The molecule has 0 aliphatic carbocycles. The van der Waals surface area contributed by atoms with Gasteiger partial charge in [0.05, 0.1) is 6.61 Å². The van der Waals surface area contributed by atoms with Crippen LogP contribution in [0.5, 0.6) is 5.75 Å². The molecule has 3 N–H and O–H groups in total. The predicted molar refractivity (Wildman–Crippen MR) is 41.8 cm³/mol. The third-order valence-corrected chi connectivity index (χ3v) is 1.70. The van der Waals surface area contributed by atoms with Crippen molar-refractivity contribution in [1.82, 2.24) is 0 Å². The zero-order valence-corrected chi connectivity index (χ0v) is 7.06. The van der Waals surface area contributed by atoms with Crippen molar-refractivity contribution >= 4 is 0 Å². The molecule has 0 saturated heterocycles. The maximum atomic E-state index is 12.7. The summed E-state index contributed by atoms with van der Waals surface area (Å²) < 4.78 is 37.9. The van der Waals surface area contributed by atoms with Crippen molar-refractivity contribution in [2.75, 3.05) is 6.61 Å². The quantitative estimate of drug-likeness (QED) is 0.579. The Morgan fingerprint density at radius 2 is 1.93 bits per heavy atom. The van der Waals surface area contributed by atoms with Gasteiger partial charge in [-0.05, 0) is 6.07 Å². The standard InChI is InChI=1S/C8H8F3NO2/c9-5-3-4(1-2-14-12)8(13)7(11)6(5)10/h3,13H,1-2,12H2. The molecular formula is C8H8F3NO2. The molecule has 0 bridgehead atoms. The number of hydrogen-bond acceptors (Lipinski definition) is 3. The Hall–Kier alpha value is -1.27. The van der Waals surface area contributed by atoms with Crippen molar-refractivity contribution in [3.05, 3.63) is 29.1 Å². The van der Waals surface area contributed by atoms with Gasteiger partial charge in [-0.15, -0.1) is 0 Å². The summed E-state index contributed by atoms with van der Waals surface area (Å²) in [4.78, 5) is 4.16. The number of halogens is 3. The first kappa shape index (κ1) is 10.8.